The van der Waals surface area contributed by atoms with Gasteiger partial charge in [-0.25, -0.2) is 9.59 Å². The van der Waals surface area contributed by atoms with Gasteiger partial charge in [0, 0.05) is 0 Å². The maximum Gasteiger partial charge on any atom is 0.330 e. The first kappa shape index (κ1) is 10.8. The first-order valence-corrected chi connectivity index (χ1v) is 4.08. The molecule has 0 heterocycles. The van der Waals surface area contributed by atoms with Gasteiger partial charge in [-0.3, -0.25) is 0 Å². The second-order valence-electron chi connectivity index (χ2n) is 2.87. The minimum atomic E-state index is -1.22. The van der Waals surface area contributed by atoms with Crippen LogP contribution in [-0.4, -0.2) is 22.2 Å². The van der Waals surface area contributed by atoms with Crippen molar-refractivity contribution in [3.8, 4) is 5.75 Å². The summed E-state index contributed by atoms with van der Waals surface area (Å²) in [5, 5.41) is 19.9. The highest BCUT2D eigenvalue weighted by Gasteiger charge is 2.20. The number of benzene rings is 1. The van der Waals surface area contributed by atoms with E-state index in [0.717, 1.165) is 0 Å². The van der Waals surface area contributed by atoms with E-state index in [1.54, 1.807) is 0 Å². The van der Waals surface area contributed by atoms with Gasteiger partial charge in [-0.2, -0.15) is 0 Å². The summed E-state index contributed by atoms with van der Waals surface area (Å²) in [5.41, 5.74) is 5.17. The van der Waals surface area contributed by atoms with Gasteiger partial charge in [-0.15, -0.1) is 0 Å². The molecule has 5 N–H and O–H groups in total. The number of carboxylic acid groups (broad SMARTS) is 1. The number of amides is 2. The van der Waals surface area contributed by atoms with Crippen LogP contribution in [0.4, 0.5) is 4.79 Å². The number of phenolic OH excluding ortho intramolecular Hbond substituents is 1. The van der Waals surface area contributed by atoms with Crippen molar-refractivity contribution in [1.29, 1.82) is 0 Å². The number of aliphatic carboxylic acids is 1. The standard InChI is InChI=1S/C9H10N2O4/c10-9(15)11-7(8(13)14)5-1-3-6(12)4-2-5/h1-4,7,12H,(H,13,14)(H3,10,11,15)/t7-/m0/s1. The second-order valence-corrected chi connectivity index (χ2v) is 2.87. The van der Waals surface area contributed by atoms with Crippen molar-refractivity contribution in [2.45, 2.75) is 6.04 Å². The largest absolute Gasteiger partial charge is 0.508 e. The number of carbonyl (C=O) groups is 2. The molecule has 15 heavy (non-hydrogen) atoms. The zero-order valence-corrected chi connectivity index (χ0v) is 7.68. The summed E-state index contributed by atoms with van der Waals surface area (Å²) in [7, 11) is 0. The molecular weight excluding hydrogens is 200 g/mol. The molecule has 80 valence electrons. The van der Waals surface area contributed by atoms with E-state index in [2.05, 4.69) is 5.32 Å². The summed E-state index contributed by atoms with van der Waals surface area (Å²) >= 11 is 0. The number of carbonyl (C=O) groups excluding carboxylic acids is 1. The number of urea groups is 1. The van der Waals surface area contributed by atoms with Crippen molar-refractivity contribution in [1.82, 2.24) is 5.32 Å². The van der Waals surface area contributed by atoms with Gasteiger partial charge in [0.05, 0.1) is 0 Å². The maximum absolute atomic E-state index is 10.8. The molecule has 0 saturated heterocycles. The smallest absolute Gasteiger partial charge is 0.330 e. The average Bonchev–Trinajstić information content (AvgIpc) is 2.15. The van der Waals surface area contributed by atoms with Gasteiger partial charge in [0.15, 0.2) is 6.04 Å². The fourth-order valence-electron chi connectivity index (χ4n) is 1.10. The Kier molecular flexibility index (Phi) is 3.12. The molecule has 0 aliphatic rings. The molecule has 0 aliphatic carbocycles. The summed E-state index contributed by atoms with van der Waals surface area (Å²) < 4.78 is 0. The molecule has 0 fully saturated rings. The predicted molar refractivity (Wildman–Crippen MR) is 51.2 cm³/mol. The highest BCUT2D eigenvalue weighted by Crippen LogP contribution is 2.16. The second kappa shape index (κ2) is 4.32. The van der Waals surface area contributed by atoms with Crippen LogP contribution in [0.2, 0.25) is 0 Å². The third-order valence-corrected chi connectivity index (χ3v) is 1.76. The number of carboxylic acids is 1. The van der Waals surface area contributed by atoms with Crippen LogP contribution in [0.5, 0.6) is 5.75 Å². The molecule has 0 saturated carbocycles. The van der Waals surface area contributed by atoms with Gasteiger partial charge in [0.2, 0.25) is 0 Å². The van der Waals surface area contributed by atoms with Crippen molar-refractivity contribution in [2.24, 2.45) is 5.73 Å². The van der Waals surface area contributed by atoms with Gasteiger partial charge < -0.3 is 21.3 Å². The van der Waals surface area contributed by atoms with E-state index in [1.165, 1.54) is 24.3 Å². The van der Waals surface area contributed by atoms with E-state index in [9.17, 15) is 9.59 Å². The topological polar surface area (TPSA) is 113 Å². The molecule has 1 aromatic carbocycles. The Morgan fingerprint density at radius 2 is 1.80 bits per heavy atom. The number of phenols is 1. The van der Waals surface area contributed by atoms with E-state index >= 15 is 0 Å². The zero-order valence-electron chi connectivity index (χ0n) is 7.68. The first-order valence-electron chi connectivity index (χ1n) is 4.08. The van der Waals surface area contributed by atoms with Crippen LogP contribution in [-0.2, 0) is 4.79 Å². The maximum atomic E-state index is 10.8. The molecule has 0 spiro atoms. The van der Waals surface area contributed by atoms with E-state index in [1.807, 2.05) is 0 Å². The molecular formula is C9H10N2O4. The molecule has 6 nitrogen and oxygen atoms in total. The van der Waals surface area contributed by atoms with Crippen LogP contribution in [0, 0.1) is 0 Å². The minimum Gasteiger partial charge on any atom is -0.508 e. The monoisotopic (exact) mass is 210 g/mol. The van der Waals surface area contributed by atoms with Crippen LogP contribution in [0.25, 0.3) is 0 Å². The van der Waals surface area contributed by atoms with Crippen molar-refractivity contribution >= 4 is 12.0 Å². The summed E-state index contributed by atoms with van der Waals surface area (Å²) in [4.78, 5) is 21.3. The zero-order chi connectivity index (χ0) is 11.4. The highest BCUT2D eigenvalue weighted by molar-refractivity contribution is 5.82. The summed E-state index contributed by atoms with van der Waals surface area (Å²) in [6.45, 7) is 0. The Bertz CT molecular complexity index is 374. The number of rotatable bonds is 3. The number of hydrogen-bond donors (Lipinski definition) is 4. The fraction of sp³-hybridized carbons (Fsp3) is 0.111. The third kappa shape index (κ3) is 2.87. The molecule has 1 aromatic rings. The molecule has 0 radical (unpaired) electrons. The van der Waals surface area contributed by atoms with E-state index < -0.39 is 18.0 Å². The van der Waals surface area contributed by atoms with Crippen LogP contribution >= 0.6 is 0 Å². The van der Waals surface area contributed by atoms with Crippen molar-refractivity contribution in [3.63, 3.8) is 0 Å². The van der Waals surface area contributed by atoms with Crippen LogP contribution in [0.15, 0.2) is 24.3 Å². The number of nitrogens with two attached hydrogens (primary N) is 1. The lowest BCUT2D eigenvalue weighted by Crippen LogP contribution is -2.37. The number of hydrogen-bond acceptors (Lipinski definition) is 3. The van der Waals surface area contributed by atoms with E-state index in [0.29, 0.717) is 5.56 Å². The summed E-state index contributed by atoms with van der Waals surface area (Å²) in [5.74, 6) is -1.21. The summed E-state index contributed by atoms with van der Waals surface area (Å²) in [6, 6.07) is 3.31. The Labute approximate surface area is 85.3 Å². The quantitative estimate of drug-likeness (QED) is 0.570. The average molecular weight is 210 g/mol. The number of nitrogens with one attached hydrogen (secondary N) is 1. The SMILES string of the molecule is NC(=O)N[C@H](C(=O)O)c1ccc(O)cc1. The minimum absolute atomic E-state index is 0.0157. The first-order chi connectivity index (χ1) is 7.00. The van der Waals surface area contributed by atoms with Gasteiger partial charge >= 0.3 is 12.0 Å². The van der Waals surface area contributed by atoms with Gasteiger partial charge in [-0.1, -0.05) is 12.1 Å². The Hall–Kier alpha value is -2.24. The van der Waals surface area contributed by atoms with E-state index in [-0.39, 0.29) is 5.75 Å². The fourth-order valence-corrected chi connectivity index (χ4v) is 1.10. The highest BCUT2D eigenvalue weighted by atomic mass is 16.4. The normalized spacial score (nSPS) is 11.7. The Balaban J connectivity index is 2.94. The molecule has 6 heteroatoms. The predicted octanol–water partition coefficient (Wildman–Crippen LogP) is 0.186. The van der Waals surface area contributed by atoms with E-state index in [4.69, 9.17) is 15.9 Å². The van der Waals surface area contributed by atoms with Crippen molar-refractivity contribution in [3.05, 3.63) is 29.8 Å². The molecule has 2 amide bonds. The lowest BCUT2D eigenvalue weighted by Gasteiger charge is -2.12. The van der Waals surface area contributed by atoms with Crippen molar-refractivity contribution < 1.29 is 19.8 Å². The molecule has 0 aliphatic heterocycles. The Morgan fingerprint density at radius 1 is 1.27 bits per heavy atom. The molecule has 0 unspecified atom stereocenters. The van der Waals surface area contributed by atoms with Gasteiger partial charge in [0.1, 0.15) is 5.75 Å². The van der Waals surface area contributed by atoms with Crippen LogP contribution in [0.1, 0.15) is 11.6 Å². The third-order valence-electron chi connectivity index (χ3n) is 1.76. The molecule has 1 rings (SSSR count). The van der Waals surface area contributed by atoms with Crippen molar-refractivity contribution in [2.75, 3.05) is 0 Å². The lowest BCUT2D eigenvalue weighted by molar-refractivity contribution is -0.139. The van der Waals surface area contributed by atoms with Crippen LogP contribution in [0.3, 0.4) is 0 Å². The number of primary amides is 1. The van der Waals surface area contributed by atoms with Gasteiger partial charge in [-0.05, 0) is 17.7 Å². The number of aromatic hydroxyl groups is 1. The molecule has 0 bridgehead atoms. The van der Waals surface area contributed by atoms with Gasteiger partial charge in [0.25, 0.3) is 0 Å². The van der Waals surface area contributed by atoms with Crippen LogP contribution < -0.4 is 11.1 Å². The summed E-state index contributed by atoms with van der Waals surface area (Å²) in [6.07, 6.45) is 0. The molecule has 1 atom stereocenters. The Morgan fingerprint density at radius 3 is 2.20 bits per heavy atom. The molecule has 0 aromatic heterocycles. The lowest BCUT2D eigenvalue weighted by atomic mass is 10.1.